The van der Waals surface area contributed by atoms with Gasteiger partial charge in [0.15, 0.2) is 0 Å². The standard InChI is InChI=1S/C28H35N3O9S/c1-4-12-29(13-5-2)27(32)18-38-23-8-11-25(26(17-23)39-22-6-9-24(41-3)10-7-22)40-28(33)19-14-20(30(34)35)16-21(15-19)31(36)37/h6-7,9-10,14-16,23,25-26H,4-5,8,11-13,17-18H2,1-3H3. The SMILES string of the molecule is CCCN(CCC)C(=O)COC1CCC(OC(=O)c2cc([N+](=O)[O-])cc([N+](=O)[O-])c2)C(Oc2ccc(SC)cc2)C1. The van der Waals surface area contributed by atoms with Crippen LogP contribution >= 0.6 is 11.8 Å². The van der Waals surface area contributed by atoms with Crippen LogP contribution in [-0.4, -0.2) is 70.9 Å². The second-order valence-electron chi connectivity index (χ2n) is 9.65. The van der Waals surface area contributed by atoms with Gasteiger partial charge in [-0.15, -0.1) is 11.8 Å². The number of rotatable bonds is 14. The summed E-state index contributed by atoms with van der Waals surface area (Å²) < 4.78 is 17.9. The van der Waals surface area contributed by atoms with Crippen LogP contribution in [0.15, 0.2) is 47.4 Å². The quantitative estimate of drug-likeness (QED) is 0.121. The van der Waals surface area contributed by atoms with Crippen molar-refractivity contribution in [2.45, 2.75) is 69.2 Å². The number of esters is 1. The van der Waals surface area contributed by atoms with E-state index in [2.05, 4.69) is 0 Å². The Morgan fingerprint density at radius 1 is 0.951 bits per heavy atom. The minimum atomic E-state index is -0.933. The fourth-order valence-corrected chi connectivity index (χ4v) is 5.02. The number of ether oxygens (including phenoxy) is 3. The fraction of sp³-hybridized carbons (Fsp3) is 0.500. The number of nitrogens with zero attached hydrogens (tertiary/aromatic N) is 3. The molecule has 0 aromatic heterocycles. The van der Waals surface area contributed by atoms with E-state index in [0.717, 1.165) is 35.9 Å². The summed E-state index contributed by atoms with van der Waals surface area (Å²) in [6.45, 7) is 5.28. The topological polar surface area (TPSA) is 151 Å². The van der Waals surface area contributed by atoms with Crippen LogP contribution in [0, 0.1) is 20.2 Å². The highest BCUT2D eigenvalue weighted by Gasteiger charge is 2.36. The summed E-state index contributed by atoms with van der Waals surface area (Å²) in [4.78, 5) is 49.5. The molecule has 0 N–H and O–H groups in total. The molecule has 1 aliphatic carbocycles. The largest absolute Gasteiger partial charge is 0.486 e. The summed E-state index contributed by atoms with van der Waals surface area (Å²) >= 11 is 1.58. The van der Waals surface area contributed by atoms with Gasteiger partial charge in [-0.2, -0.15) is 0 Å². The summed E-state index contributed by atoms with van der Waals surface area (Å²) in [6, 6.07) is 10.1. The molecule has 3 unspecified atom stereocenters. The Kier molecular flexibility index (Phi) is 11.9. The first kappa shape index (κ1) is 31.8. The number of hydrogen-bond acceptors (Lipinski definition) is 10. The summed E-state index contributed by atoms with van der Waals surface area (Å²) in [6.07, 6.45) is 3.06. The van der Waals surface area contributed by atoms with Crippen molar-refractivity contribution in [3.8, 4) is 5.75 Å². The number of hydrogen-bond donors (Lipinski definition) is 0. The lowest BCUT2D eigenvalue weighted by atomic mass is 9.91. The summed E-state index contributed by atoms with van der Waals surface area (Å²) in [5, 5.41) is 22.5. The zero-order valence-electron chi connectivity index (χ0n) is 23.4. The van der Waals surface area contributed by atoms with Crippen LogP contribution in [0.5, 0.6) is 5.75 Å². The molecule has 2 aromatic carbocycles. The number of nitro groups is 2. The van der Waals surface area contributed by atoms with E-state index in [0.29, 0.717) is 38.1 Å². The Labute approximate surface area is 242 Å². The molecule has 1 fully saturated rings. The summed E-state index contributed by atoms with van der Waals surface area (Å²) in [5.74, 6) is -0.467. The smallest absolute Gasteiger partial charge is 0.339 e. The lowest BCUT2D eigenvalue weighted by Gasteiger charge is -2.35. The van der Waals surface area contributed by atoms with E-state index >= 15 is 0 Å². The summed E-state index contributed by atoms with van der Waals surface area (Å²) in [7, 11) is 0. The van der Waals surface area contributed by atoms with Gasteiger partial charge in [-0.25, -0.2) is 4.79 Å². The molecule has 0 heterocycles. The van der Waals surface area contributed by atoms with Crippen molar-refractivity contribution in [2.75, 3.05) is 26.0 Å². The zero-order chi connectivity index (χ0) is 29.9. The maximum atomic E-state index is 13.0. The Morgan fingerprint density at radius 2 is 1.56 bits per heavy atom. The Balaban J connectivity index is 1.76. The molecule has 1 aliphatic rings. The molecule has 1 amide bonds. The van der Waals surface area contributed by atoms with Crippen LogP contribution < -0.4 is 4.74 Å². The lowest BCUT2D eigenvalue weighted by molar-refractivity contribution is -0.394. The van der Waals surface area contributed by atoms with Crippen LogP contribution in [0.4, 0.5) is 11.4 Å². The van der Waals surface area contributed by atoms with Crippen molar-refractivity contribution in [2.24, 2.45) is 0 Å². The first-order valence-electron chi connectivity index (χ1n) is 13.5. The molecular weight excluding hydrogens is 554 g/mol. The van der Waals surface area contributed by atoms with Crippen LogP contribution in [0.1, 0.15) is 56.3 Å². The van der Waals surface area contributed by atoms with Crippen molar-refractivity contribution in [3.63, 3.8) is 0 Å². The van der Waals surface area contributed by atoms with Crippen molar-refractivity contribution >= 4 is 35.0 Å². The van der Waals surface area contributed by atoms with Gasteiger partial charge in [0.05, 0.1) is 27.6 Å². The van der Waals surface area contributed by atoms with E-state index in [1.165, 1.54) is 0 Å². The van der Waals surface area contributed by atoms with E-state index in [-0.39, 0.29) is 24.2 Å². The predicted molar refractivity (Wildman–Crippen MR) is 152 cm³/mol. The van der Waals surface area contributed by atoms with Crippen LogP contribution in [-0.2, 0) is 14.3 Å². The first-order chi connectivity index (χ1) is 19.6. The highest BCUT2D eigenvalue weighted by atomic mass is 32.2. The second kappa shape index (κ2) is 15.3. The molecule has 12 nitrogen and oxygen atoms in total. The van der Waals surface area contributed by atoms with Crippen molar-refractivity contribution < 1.29 is 33.6 Å². The second-order valence-corrected chi connectivity index (χ2v) is 10.5. The third kappa shape index (κ3) is 9.15. The highest BCUT2D eigenvalue weighted by Crippen LogP contribution is 2.31. The number of thioether (sulfide) groups is 1. The van der Waals surface area contributed by atoms with Gasteiger partial charge in [-0.05, 0) is 56.2 Å². The van der Waals surface area contributed by atoms with E-state index in [1.807, 2.05) is 32.2 Å². The molecule has 0 saturated heterocycles. The normalized spacial score (nSPS) is 18.4. The average molecular weight is 590 g/mol. The monoisotopic (exact) mass is 589 g/mol. The van der Waals surface area contributed by atoms with E-state index in [9.17, 15) is 29.8 Å². The first-order valence-corrected chi connectivity index (χ1v) is 14.7. The Hall–Kier alpha value is -3.71. The number of carbonyl (C=O) groups excluding carboxylic acids is 2. The number of amides is 1. The molecule has 0 bridgehead atoms. The van der Waals surface area contributed by atoms with E-state index in [1.54, 1.807) is 28.8 Å². The van der Waals surface area contributed by atoms with Crippen LogP contribution in [0.25, 0.3) is 0 Å². The molecule has 222 valence electrons. The molecular formula is C28H35N3O9S. The third-order valence-electron chi connectivity index (χ3n) is 6.63. The van der Waals surface area contributed by atoms with Crippen molar-refractivity contribution in [1.29, 1.82) is 0 Å². The van der Waals surface area contributed by atoms with Gasteiger partial charge in [0, 0.05) is 36.5 Å². The maximum absolute atomic E-state index is 13.0. The van der Waals surface area contributed by atoms with Gasteiger partial charge in [0.1, 0.15) is 24.6 Å². The minimum Gasteiger partial charge on any atom is -0.486 e. The number of carbonyl (C=O) groups is 2. The molecule has 0 radical (unpaired) electrons. The fourth-order valence-electron chi connectivity index (χ4n) is 4.61. The zero-order valence-corrected chi connectivity index (χ0v) is 24.2. The van der Waals surface area contributed by atoms with Crippen LogP contribution in [0.3, 0.4) is 0 Å². The van der Waals surface area contributed by atoms with Gasteiger partial charge >= 0.3 is 5.97 Å². The molecule has 0 spiro atoms. The Bertz CT molecular complexity index is 1190. The van der Waals surface area contributed by atoms with E-state index in [4.69, 9.17) is 14.2 Å². The molecule has 13 heteroatoms. The van der Waals surface area contributed by atoms with Gasteiger partial charge in [0.25, 0.3) is 11.4 Å². The van der Waals surface area contributed by atoms with Crippen molar-refractivity contribution in [1.82, 2.24) is 4.90 Å². The molecule has 2 aromatic rings. The van der Waals surface area contributed by atoms with Gasteiger partial charge in [-0.3, -0.25) is 25.0 Å². The predicted octanol–water partition coefficient (Wildman–Crippen LogP) is 5.42. The van der Waals surface area contributed by atoms with Crippen LogP contribution in [0.2, 0.25) is 0 Å². The molecule has 1 saturated carbocycles. The number of non-ortho nitro benzene ring substituents is 2. The Morgan fingerprint density at radius 3 is 2.10 bits per heavy atom. The van der Waals surface area contributed by atoms with Gasteiger partial charge < -0.3 is 19.1 Å². The van der Waals surface area contributed by atoms with E-state index < -0.39 is 39.4 Å². The van der Waals surface area contributed by atoms with Gasteiger partial charge in [0.2, 0.25) is 5.91 Å². The molecule has 0 aliphatic heterocycles. The average Bonchev–Trinajstić information content (AvgIpc) is 2.96. The lowest BCUT2D eigenvalue weighted by Crippen LogP contribution is -2.44. The number of nitro benzene ring substituents is 2. The summed E-state index contributed by atoms with van der Waals surface area (Å²) in [5.41, 5.74) is -1.48. The minimum absolute atomic E-state index is 0.0678. The molecule has 41 heavy (non-hydrogen) atoms. The third-order valence-corrected chi connectivity index (χ3v) is 7.37. The molecule has 3 atom stereocenters. The number of benzene rings is 2. The molecule has 3 rings (SSSR count). The highest BCUT2D eigenvalue weighted by molar-refractivity contribution is 7.98. The maximum Gasteiger partial charge on any atom is 0.339 e. The van der Waals surface area contributed by atoms with Crippen molar-refractivity contribution in [3.05, 3.63) is 68.3 Å². The van der Waals surface area contributed by atoms with Gasteiger partial charge in [-0.1, -0.05) is 13.8 Å².